The molecule has 0 N–H and O–H groups in total. The highest BCUT2D eigenvalue weighted by atomic mass is 28.5. The quantitative estimate of drug-likeness (QED) is 0.0384. The Morgan fingerprint density at radius 2 is 0.723 bits per heavy atom. The van der Waals surface area contributed by atoms with Crippen molar-refractivity contribution in [3.05, 3.63) is 243 Å². The van der Waals surface area contributed by atoms with Gasteiger partial charge >= 0.3 is 17.1 Å². The van der Waals surface area contributed by atoms with E-state index in [2.05, 4.69) is 85.3 Å². The van der Waals surface area contributed by atoms with Crippen LogP contribution >= 0.6 is 0 Å². The Morgan fingerprint density at radius 1 is 0.396 bits per heavy atom. The average Bonchev–Trinajstić information content (AvgIpc) is 1.59. The molecule has 12 rings (SSSR count). The van der Waals surface area contributed by atoms with Crippen molar-refractivity contribution >= 4 is 86.7 Å². The molecule has 0 saturated heterocycles. The van der Waals surface area contributed by atoms with Crippen LogP contribution in [0.1, 0.15) is 140 Å². The van der Waals surface area contributed by atoms with Crippen LogP contribution in [-0.2, 0) is 17.8 Å². The van der Waals surface area contributed by atoms with Crippen LogP contribution in [0.2, 0.25) is 57.9 Å². The van der Waals surface area contributed by atoms with E-state index in [4.69, 9.17) is 31.3 Å². The number of rotatable bonds is 25. The molecule has 8 aromatic rings. The van der Waals surface area contributed by atoms with Gasteiger partial charge in [-0.15, -0.1) is 6.58 Å². The maximum atomic E-state index is 13.5. The maximum Gasteiger partial charge on any atom is 0.342 e. The summed E-state index contributed by atoms with van der Waals surface area (Å²) in [6, 6.07) is 51.2. The maximum absolute atomic E-state index is 13.5. The SMILES string of the molecule is C=C[Si](C)(O[Si](C)(C)CCCC)O[Si](C)(C)O[Si](C)(C)CCCN1C(=O)c2ccc(Oc3ccc4c(c3)C(=O)N(C)C4=O)cc2C1=O.Cc1ccc(Oc2ccc(C(C)(C)c3ccc(Oc4ccc(N5C(=O)c6ccc(Oc7ccc8c(c7)C(=O)N(C)C8=O)cc6C5=O)cc4)cc3)cc2)cc1. The van der Waals surface area contributed by atoms with E-state index in [-0.39, 0.29) is 63.4 Å². The van der Waals surface area contributed by atoms with Crippen molar-refractivity contribution in [2.24, 2.45) is 0 Å². The summed E-state index contributed by atoms with van der Waals surface area (Å²) in [6.07, 6.45) is 2.88. The largest absolute Gasteiger partial charge is 0.457 e. The van der Waals surface area contributed by atoms with Gasteiger partial charge in [0.1, 0.15) is 46.0 Å². The number of benzene rings is 8. The molecule has 0 fully saturated rings. The van der Waals surface area contributed by atoms with Gasteiger partial charge in [-0.25, -0.2) is 4.90 Å². The van der Waals surface area contributed by atoms with Gasteiger partial charge in [0, 0.05) is 26.1 Å². The molecule has 1 atom stereocenters. The van der Waals surface area contributed by atoms with Crippen molar-refractivity contribution in [3.8, 4) is 46.0 Å². The standard InChI is InChI=1S/C45H34N2O7.C33H48N2O8Si4/c1-27-5-13-31(14-6-27)52-32-15-7-28(8-16-32)45(2,3)29-9-17-33(18-10-29)53-34-19-11-30(12-20-34)47-43(50)38-24-22-36(26-40(38)44(47)51)54-35-21-23-37-39(25-35)42(49)46(4)41(37)48;1-11-13-20-45(6,7)42-47(10,12-2)43-46(8,9)41-44(4,5)21-14-19-35-32(38)27-18-16-25(23-29(27)33(35)39)40-24-15-17-26-28(22-24)31(37)34(3)30(26)36/h5-26H,1-4H3;12,15-18,22-23H,2,11,13-14,19-21H2,1,3-10H3. The third-order valence-corrected chi connectivity index (χ3v) is 33.7. The highest BCUT2D eigenvalue weighted by molar-refractivity contribution is 6.91. The zero-order chi connectivity index (χ0) is 72.7. The first-order chi connectivity index (χ1) is 47.8. The van der Waals surface area contributed by atoms with E-state index in [1.165, 1.54) is 48.8 Å². The number of carbonyl (C=O) groups excluding carboxylic acids is 8. The average molecular weight is 1430 g/mol. The fourth-order valence-corrected chi connectivity index (χ4v) is 31.3. The zero-order valence-electron chi connectivity index (χ0n) is 59.1. The molecule has 0 radical (unpaired) electrons. The highest BCUT2D eigenvalue weighted by Crippen LogP contribution is 2.40. The van der Waals surface area contributed by atoms with Gasteiger partial charge in [0.25, 0.3) is 47.3 Å². The Labute approximate surface area is 592 Å². The van der Waals surface area contributed by atoms with Crippen LogP contribution in [-0.4, -0.2) is 116 Å². The van der Waals surface area contributed by atoms with Crippen LogP contribution in [0.25, 0.3) is 0 Å². The van der Waals surface area contributed by atoms with Crippen LogP contribution in [0.5, 0.6) is 46.0 Å². The molecule has 4 heterocycles. The van der Waals surface area contributed by atoms with Gasteiger partial charge in [-0.2, -0.15) is 0 Å². The van der Waals surface area contributed by atoms with Gasteiger partial charge in [-0.05, 0) is 216 Å². The number of carbonyl (C=O) groups is 8. The second kappa shape index (κ2) is 28.6. The minimum atomic E-state index is -2.65. The van der Waals surface area contributed by atoms with Gasteiger partial charge in [-0.1, -0.05) is 81.3 Å². The lowest BCUT2D eigenvalue weighted by Gasteiger charge is -2.41. The van der Waals surface area contributed by atoms with Gasteiger partial charge in [0.05, 0.1) is 50.2 Å². The Morgan fingerprint density at radius 3 is 1.16 bits per heavy atom. The summed E-state index contributed by atoms with van der Waals surface area (Å²) in [6.45, 7) is 27.9. The lowest BCUT2D eigenvalue weighted by molar-refractivity contribution is 0.0646. The van der Waals surface area contributed by atoms with E-state index in [1.54, 1.807) is 72.8 Å². The Bertz CT molecular complexity index is 4640. The molecule has 101 heavy (non-hydrogen) atoms. The molecule has 0 aliphatic carbocycles. The summed E-state index contributed by atoms with van der Waals surface area (Å²) in [4.78, 5) is 107. The lowest BCUT2D eigenvalue weighted by atomic mass is 9.78. The van der Waals surface area contributed by atoms with Gasteiger partial charge in [0.15, 0.2) is 16.6 Å². The number of unbranched alkanes of at least 4 members (excludes halogenated alkanes) is 1. The summed E-state index contributed by atoms with van der Waals surface area (Å²) in [7, 11) is -6.53. The molecule has 0 aromatic heterocycles. The number of imide groups is 4. The number of anilines is 1. The van der Waals surface area contributed by atoms with Crippen molar-refractivity contribution in [3.63, 3.8) is 0 Å². The van der Waals surface area contributed by atoms with Crippen LogP contribution in [0.4, 0.5) is 5.69 Å². The molecule has 8 aromatic carbocycles. The number of hydrogen-bond acceptors (Lipinski definition) is 15. The Balaban J connectivity index is 0.000000206. The molecular formula is C78H82N4O15Si4. The first kappa shape index (κ1) is 72.3. The molecule has 8 amide bonds. The molecule has 0 spiro atoms. The zero-order valence-corrected chi connectivity index (χ0v) is 63.1. The van der Waals surface area contributed by atoms with Crippen LogP contribution in [0.3, 0.4) is 0 Å². The van der Waals surface area contributed by atoms with E-state index < -0.39 is 57.4 Å². The van der Waals surface area contributed by atoms with E-state index in [9.17, 15) is 38.4 Å². The molecule has 0 bridgehead atoms. The molecule has 0 saturated carbocycles. The third-order valence-electron chi connectivity index (χ3n) is 18.2. The number of aryl methyl sites for hydroxylation is 1. The Kier molecular flexibility index (Phi) is 20.4. The van der Waals surface area contributed by atoms with Gasteiger partial charge in [0.2, 0.25) is 0 Å². The fourth-order valence-electron chi connectivity index (χ4n) is 12.9. The molecular weight excluding hydrogens is 1350 g/mol. The number of ether oxygens (including phenoxy) is 4. The molecule has 23 heteroatoms. The second-order valence-electron chi connectivity index (χ2n) is 27.9. The highest BCUT2D eigenvalue weighted by Gasteiger charge is 2.46. The molecule has 520 valence electrons. The van der Waals surface area contributed by atoms with Crippen molar-refractivity contribution in [1.29, 1.82) is 0 Å². The minimum absolute atomic E-state index is 0.194. The summed E-state index contributed by atoms with van der Waals surface area (Å²) < 4.78 is 44.1. The molecule has 4 aliphatic rings. The molecule has 4 aliphatic heterocycles. The summed E-state index contributed by atoms with van der Waals surface area (Å²) in [5.74, 6) is 0.891. The van der Waals surface area contributed by atoms with E-state index >= 15 is 0 Å². The van der Waals surface area contributed by atoms with Crippen molar-refractivity contribution < 1.29 is 69.6 Å². The smallest absolute Gasteiger partial charge is 0.342 e. The topological polar surface area (TPSA) is 214 Å². The number of amides is 8. The number of hydrogen-bond donors (Lipinski definition) is 0. The van der Waals surface area contributed by atoms with Crippen molar-refractivity contribution in [1.82, 2.24) is 14.7 Å². The third kappa shape index (κ3) is 15.7. The predicted molar refractivity (Wildman–Crippen MR) is 395 cm³/mol. The summed E-state index contributed by atoms with van der Waals surface area (Å²) in [5, 5.41) is 0. The van der Waals surface area contributed by atoms with Crippen molar-refractivity contribution in [2.45, 2.75) is 110 Å². The lowest BCUT2D eigenvalue weighted by Crippen LogP contribution is -2.57. The van der Waals surface area contributed by atoms with Gasteiger partial charge < -0.3 is 31.3 Å². The minimum Gasteiger partial charge on any atom is -0.457 e. The van der Waals surface area contributed by atoms with Crippen molar-refractivity contribution in [2.75, 3.05) is 25.5 Å². The molecule has 1 unspecified atom stereocenters. The monoisotopic (exact) mass is 1430 g/mol. The predicted octanol–water partition coefficient (Wildman–Crippen LogP) is 17.2. The van der Waals surface area contributed by atoms with Crippen LogP contribution < -0.4 is 23.8 Å². The summed E-state index contributed by atoms with van der Waals surface area (Å²) >= 11 is 0. The van der Waals surface area contributed by atoms with Crippen LogP contribution in [0, 0.1) is 6.92 Å². The fraction of sp³-hybridized carbons (Fsp3) is 0.256. The Hall–Kier alpha value is -9.99. The van der Waals surface area contributed by atoms with Gasteiger partial charge in [-0.3, -0.25) is 53.1 Å². The second-order valence-corrected chi connectivity index (χ2v) is 43.6. The van der Waals surface area contributed by atoms with E-state index in [1.807, 2.05) is 73.3 Å². The van der Waals surface area contributed by atoms with E-state index in [0.717, 1.165) is 62.3 Å². The normalized spacial score (nSPS) is 14.9. The molecule has 19 nitrogen and oxygen atoms in total. The van der Waals surface area contributed by atoms with Crippen LogP contribution in [0.15, 0.2) is 182 Å². The number of fused-ring (bicyclic) bond motifs is 4. The summed E-state index contributed by atoms with van der Waals surface area (Å²) in [5.41, 5.74) is 7.60. The first-order valence-corrected chi connectivity index (χ1v) is 45.0. The van der Waals surface area contributed by atoms with E-state index in [0.29, 0.717) is 63.3 Å². The first-order valence-electron chi connectivity index (χ1n) is 33.6. The number of nitrogens with zero attached hydrogens (tertiary/aromatic N) is 4.